The van der Waals surface area contributed by atoms with Gasteiger partial charge in [0.05, 0.1) is 11.3 Å². The molecule has 5 nitrogen and oxygen atoms in total. The highest BCUT2D eigenvalue weighted by Gasteiger charge is 2.29. The van der Waals surface area contributed by atoms with Gasteiger partial charge in [0, 0.05) is 10.4 Å². The number of nitrogens with one attached hydrogen (secondary N) is 1. The standard InChI is InChI=1S/C22H15BrFNO4/c23-18-10-19(24)16(21(26)27)9-20(18)25-22(28)29-11-17-14-7-3-1-5-12(14)13-6-2-4-8-15(13)17/h1-10,17H,11H2,(H,25,28)(H,26,27). The van der Waals surface area contributed by atoms with Crippen molar-refractivity contribution in [2.45, 2.75) is 5.92 Å². The predicted molar refractivity (Wildman–Crippen MR) is 110 cm³/mol. The Morgan fingerprint density at radius 3 is 2.21 bits per heavy atom. The van der Waals surface area contributed by atoms with E-state index in [4.69, 9.17) is 9.84 Å². The molecule has 0 aromatic heterocycles. The second-order valence-corrected chi connectivity index (χ2v) is 7.42. The maximum Gasteiger partial charge on any atom is 0.411 e. The van der Waals surface area contributed by atoms with Crippen LogP contribution >= 0.6 is 15.9 Å². The first kappa shape index (κ1) is 19.1. The van der Waals surface area contributed by atoms with Crippen molar-refractivity contribution in [2.75, 3.05) is 11.9 Å². The minimum atomic E-state index is -1.43. The van der Waals surface area contributed by atoms with E-state index in [-0.39, 0.29) is 22.7 Å². The summed E-state index contributed by atoms with van der Waals surface area (Å²) in [4.78, 5) is 23.4. The lowest BCUT2D eigenvalue weighted by Gasteiger charge is -2.15. The number of fused-ring (bicyclic) bond motifs is 3. The predicted octanol–water partition coefficient (Wildman–Crippen LogP) is 5.65. The Hall–Kier alpha value is -3.19. The summed E-state index contributed by atoms with van der Waals surface area (Å²) >= 11 is 3.12. The fourth-order valence-electron chi connectivity index (χ4n) is 3.55. The first-order valence-electron chi connectivity index (χ1n) is 8.80. The summed E-state index contributed by atoms with van der Waals surface area (Å²) in [6.45, 7) is 0.116. The molecule has 0 unspecified atom stereocenters. The highest BCUT2D eigenvalue weighted by atomic mass is 79.9. The normalized spacial score (nSPS) is 12.2. The summed E-state index contributed by atoms with van der Waals surface area (Å²) in [6.07, 6.45) is -0.754. The lowest BCUT2D eigenvalue weighted by atomic mass is 9.98. The monoisotopic (exact) mass is 455 g/mol. The fraction of sp³-hybridized carbons (Fsp3) is 0.0909. The molecule has 0 saturated heterocycles. The van der Waals surface area contributed by atoms with Gasteiger partial charge in [0.2, 0.25) is 0 Å². The number of ether oxygens (including phenoxy) is 1. The molecule has 1 aliphatic rings. The molecule has 7 heteroatoms. The number of hydrogen-bond acceptors (Lipinski definition) is 3. The average molecular weight is 456 g/mol. The Morgan fingerprint density at radius 1 is 1.03 bits per heavy atom. The molecule has 0 atom stereocenters. The molecule has 29 heavy (non-hydrogen) atoms. The van der Waals surface area contributed by atoms with Crippen LogP contribution in [-0.2, 0) is 4.74 Å². The van der Waals surface area contributed by atoms with E-state index in [1.54, 1.807) is 0 Å². The zero-order valence-corrected chi connectivity index (χ0v) is 16.6. The van der Waals surface area contributed by atoms with Crippen LogP contribution in [0.25, 0.3) is 11.1 Å². The molecule has 0 aliphatic heterocycles. The van der Waals surface area contributed by atoms with Crippen LogP contribution in [0.5, 0.6) is 0 Å². The average Bonchev–Trinajstić information content (AvgIpc) is 3.02. The van der Waals surface area contributed by atoms with Crippen LogP contribution in [0.1, 0.15) is 27.4 Å². The van der Waals surface area contributed by atoms with Gasteiger partial charge in [-0.2, -0.15) is 0 Å². The molecule has 0 heterocycles. The number of carbonyl (C=O) groups excluding carboxylic acids is 1. The van der Waals surface area contributed by atoms with Gasteiger partial charge >= 0.3 is 12.1 Å². The third kappa shape index (κ3) is 3.61. The van der Waals surface area contributed by atoms with Gasteiger partial charge in [0.1, 0.15) is 12.4 Å². The first-order valence-corrected chi connectivity index (χ1v) is 9.59. The van der Waals surface area contributed by atoms with Crippen molar-refractivity contribution in [1.82, 2.24) is 0 Å². The molecule has 0 fully saturated rings. The topological polar surface area (TPSA) is 75.6 Å². The SMILES string of the molecule is O=C(Nc1cc(C(=O)O)c(F)cc1Br)OCC1c2ccccc2-c2ccccc21. The summed E-state index contributed by atoms with van der Waals surface area (Å²) in [6, 6.07) is 18.0. The van der Waals surface area contributed by atoms with E-state index >= 15 is 0 Å². The van der Waals surface area contributed by atoms with Crippen LogP contribution in [0.2, 0.25) is 0 Å². The lowest BCUT2D eigenvalue weighted by molar-refractivity contribution is 0.0691. The van der Waals surface area contributed by atoms with Gasteiger partial charge in [-0.05, 0) is 50.3 Å². The smallest absolute Gasteiger partial charge is 0.411 e. The van der Waals surface area contributed by atoms with Crippen LogP contribution < -0.4 is 5.32 Å². The van der Waals surface area contributed by atoms with E-state index in [2.05, 4.69) is 21.2 Å². The number of anilines is 1. The molecular weight excluding hydrogens is 441 g/mol. The Morgan fingerprint density at radius 2 is 1.62 bits per heavy atom. The molecule has 4 rings (SSSR count). The number of aromatic carboxylic acids is 1. The van der Waals surface area contributed by atoms with E-state index in [1.807, 2.05) is 48.5 Å². The molecule has 1 aliphatic carbocycles. The lowest BCUT2D eigenvalue weighted by Crippen LogP contribution is -2.18. The molecule has 2 N–H and O–H groups in total. The van der Waals surface area contributed by atoms with Gasteiger partial charge < -0.3 is 9.84 Å². The quantitative estimate of drug-likeness (QED) is 0.532. The van der Waals surface area contributed by atoms with Crippen LogP contribution in [-0.4, -0.2) is 23.8 Å². The van der Waals surface area contributed by atoms with E-state index in [0.717, 1.165) is 34.4 Å². The highest BCUT2D eigenvalue weighted by molar-refractivity contribution is 9.10. The number of carboxylic acids is 1. The number of amides is 1. The third-order valence-corrected chi connectivity index (χ3v) is 5.52. The Bertz CT molecular complexity index is 1090. The highest BCUT2D eigenvalue weighted by Crippen LogP contribution is 2.44. The largest absolute Gasteiger partial charge is 0.478 e. The van der Waals surface area contributed by atoms with Gasteiger partial charge in [0.15, 0.2) is 0 Å². The Kier molecular flexibility index (Phi) is 5.07. The van der Waals surface area contributed by atoms with Gasteiger partial charge in [-0.3, -0.25) is 5.32 Å². The fourth-order valence-corrected chi connectivity index (χ4v) is 3.97. The minimum absolute atomic E-state index is 0.0978. The maximum absolute atomic E-state index is 13.7. The van der Waals surface area contributed by atoms with E-state index in [1.165, 1.54) is 0 Å². The maximum atomic E-state index is 13.7. The molecule has 3 aromatic rings. The summed E-state index contributed by atoms with van der Waals surface area (Å²) in [5.41, 5.74) is 3.97. The molecule has 3 aromatic carbocycles. The summed E-state index contributed by atoms with van der Waals surface area (Å²) in [7, 11) is 0. The van der Waals surface area contributed by atoms with Crippen LogP contribution in [0, 0.1) is 5.82 Å². The number of carbonyl (C=O) groups is 2. The van der Waals surface area contributed by atoms with Crippen molar-refractivity contribution < 1.29 is 23.8 Å². The summed E-state index contributed by atoms with van der Waals surface area (Å²) < 4.78 is 19.3. The zero-order valence-electron chi connectivity index (χ0n) is 15.0. The van der Waals surface area contributed by atoms with Crippen molar-refractivity contribution in [2.24, 2.45) is 0 Å². The number of hydrogen-bond donors (Lipinski definition) is 2. The molecule has 0 saturated carbocycles. The van der Waals surface area contributed by atoms with Crippen molar-refractivity contribution in [3.8, 4) is 11.1 Å². The van der Waals surface area contributed by atoms with E-state index < -0.39 is 23.4 Å². The minimum Gasteiger partial charge on any atom is -0.478 e. The van der Waals surface area contributed by atoms with Crippen molar-refractivity contribution >= 4 is 33.7 Å². The third-order valence-electron chi connectivity index (χ3n) is 4.87. The molecule has 1 amide bonds. The molecule has 0 spiro atoms. The van der Waals surface area contributed by atoms with E-state index in [0.29, 0.717) is 0 Å². The Labute approximate surface area is 174 Å². The van der Waals surface area contributed by atoms with Gasteiger partial charge in [-0.25, -0.2) is 14.0 Å². The van der Waals surface area contributed by atoms with Crippen LogP contribution in [0.15, 0.2) is 65.1 Å². The van der Waals surface area contributed by atoms with Crippen LogP contribution in [0.4, 0.5) is 14.9 Å². The Balaban J connectivity index is 1.51. The first-order chi connectivity index (χ1) is 14.0. The number of halogens is 2. The van der Waals surface area contributed by atoms with Crippen molar-refractivity contribution in [3.05, 3.63) is 87.6 Å². The van der Waals surface area contributed by atoms with Gasteiger partial charge in [-0.1, -0.05) is 48.5 Å². The molecule has 146 valence electrons. The summed E-state index contributed by atoms with van der Waals surface area (Å²) in [5.74, 6) is -2.42. The zero-order chi connectivity index (χ0) is 20.5. The van der Waals surface area contributed by atoms with Gasteiger partial charge in [-0.15, -0.1) is 0 Å². The number of carboxylic acid groups (broad SMARTS) is 1. The second-order valence-electron chi connectivity index (χ2n) is 6.57. The van der Waals surface area contributed by atoms with Gasteiger partial charge in [0.25, 0.3) is 0 Å². The van der Waals surface area contributed by atoms with Crippen LogP contribution in [0.3, 0.4) is 0 Å². The number of rotatable bonds is 4. The molecule has 0 radical (unpaired) electrons. The summed E-state index contributed by atoms with van der Waals surface area (Å²) in [5, 5.41) is 11.5. The molecular formula is C22H15BrFNO4. The molecule has 0 bridgehead atoms. The van der Waals surface area contributed by atoms with E-state index in [9.17, 15) is 14.0 Å². The second kappa shape index (κ2) is 7.67. The number of benzene rings is 3. The van der Waals surface area contributed by atoms with Crippen molar-refractivity contribution in [3.63, 3.8) is 0 Å². The van der Waals surface area contributed by atoms with Crippen molar-refractivity contribution in [1.29, 1.82) is 0 Å².